The lowest BCUT2D eigenvalue weighted by Crippen LogP contribution is -2.59. The summed E-state index contributed by atoms with van der Waals surface area (Å²) in [5.74, 6) is -1.46. The summed E-state index contributed by atoms with van der Waals surface area (Å²) in [5.41, 5.74) is 1.65. The molecule has 10 heteroatoms. The van der Waals surface area contributed by atoms with E-state index in [1.165, 1.54) is 0 Å². The molecule has 0 radical (unpaired) electrons. The Morgan fingerprint density at radius 3 is 2.16 bits per heavy atom. The first kappa shape index (κ1) is 26.2. The number of esters is 1. The van der Waals surface area contributed by atoms with Crippen LogP contribution in [0.5, 0.6) is 5.75 Å². The number of rotatable bonds is 8. The van der Waals surface area contributed by atoms with Gasteiger partial charge in [0.25, 0.3) is 0 Å². The highest BCUT2D eigenvalue weighted by Gasteiger charge is 2.43. The fourth-order valence-electron chi connectivity index (χ4n) is 3.36. The molecule has 2 rings (SSSR count). The van der Waals surface area contributed by atoms with Crippen LogP contribution in [0.1, 0.15) is 50.7 Å². The highest BCUT2D eigenvalue weighted by atomic mass is 16.7. The Morgan fingerprint density at radius 2 is 1.62 bits per heavy atom. The van der Waals surface area contributed by atoms with Gasteiger partial charge in [0.05, 0.1) is 13.2 Å². The molecule has 1 aromatic carbocycles. The Morgan fingerprint density at radius 1 is 1.03 bits per heavy atom. The topological polar surface area (TPSA) is 155 Å². The molecular weight excluding hydrogens is 422 g/mol. The fraction of sp³-hybridized carbons (Fsp3) is 0.636. The predicted molar refractivity (Wildman–Crippen MR) is 113 cm³/mol. The van der Waals surface area contributed by atoms with Crippen LogP contribution in [0.15, 0.2) is 18.2 Å². The zero-order valence-electron chi connectivity index (χ0n) is 18.7. The fourth-order valence-corrected chi connectivity index (χ4v) is 3.36. The molecular formula is C22H33NO9. The number of para-hydroxylation sites is 1. The maximum Gasteiger partial charge on any atom is 0.402 e. The number of benzene rings is 1. The van der Waals surface area contributed by atoms with Gasteiger partial charge >= 0.3 is 11.9 Å². The van der Waals surface area contributed by atoms with Crippen LogP contribution in [-0.4, -0.2) is 82.8 Å². The molecule has 1 aliphatic heterocycles. The van der Waals surface area contributed by atoms with Crippen LogP contribution in [0.2, 0.25) is 0 Å². The lowest BCUT2D eigenvalue weighted by Gasteiger charge is -2.39. The van der Waals surface area contributed by atoms with Gasteiger partial charge < -0.3 is 40.0 Å². The Balaban J connectivity index is 1.90. The van der Waals surface area contributed by atoms with E-state index < -0.39 is 49.2 Å². The highest BCUT2D eigenvalue weighted by molar-refractivity contribution is 6.33. The van der Waals surface area contributed by atoms with E-state index in [0.717, 1.165) is 11.1 Å². The standard InChI is InChI=1S/C22H33NO9/c1-11(2)13-6-5-7-14(12(3)4)19(13)32-21(29)20(28)23-8-9-30-22-18(27)17(26)16(25)15(10-24)31-22/h5-7,11-12,15-18,22,24-27H,8-10H2,1-4H3,(H,23,28)/t15?,16?,17?,18-,22?/m1/s1. The maximum atomic E-state index is 12.3. The van der Waals surface area contributed by atoms with Gasteiger partial charge in [0, 0.05) is 6.54 Å². The van der Waals surface area contributed by atoms with Crippen molar-refractivity contribution in [1.29, 1.82) is 0 Å². The van der Waals surface area contributed by atoms with Crippen molar-refractivity contribution in [3.05, 3.63) is 29.3 Å². The van der Waals surface area contributed by atoms with E-state index in [1.54, 1.807) is 0 Å². The summed E-state index contributed by atoms with van der Waals surface area (Å²) in [5, 5.41) is 41.0. The second-order valence-corrected chi connectivity index (χ2v) is 8.29. The van der Waals surface area contributed by atoms with E-state index >= 15 is 0 Å². The van der Waals surface area contributed by atoms with E-state index in [2.05, 4.69) is 5.32 Å². The predicted octanol–water partition coefficient (Wildman–Crippen LogP) is -0.228. The largest absolute Gasteiger partial charge is 0.419 e. The number of nitrogens with one attached hydrogen (secondary N) is 1. The second-order valence-electron chi connectivity index (χ2n) is 8.29. The summed E-state index contributed by atoms with van der Waals surface area (Å²) in [6, 6.07) is 5.59. The van der Waals surface area contributed by atoms with Gasteiger partial charge in [0.15, 0.2) is 6.29 Å². The number of carbonyl (C=O) groups excluding carboxylic acids is 2. The third-order valence-electron chi connectivity index (χ3n) is 5.22. The number of aliphatic hydroxyl groups is 4. The molecule has 10 nitrogen and oxygen atoms in total. The first-order valence-corrected chi connectivity index (χ1v) is 10.6. The molecule has 5 N–H and O–H groups in total. The summed E-state index contributed by atoms with van der Waals surface area (Å²) in [6.45, 7) is 7.01. The first-order chi connectivity index (χ1) is 15.1. The molecule has 180 valence electrons. The summed E-state index contributed by atoms with van der Waals surface area (Å²) in [6.07, 6.45) is -7.02. The van der Waals surface area contributed by atoms with Crippen LogP contribution in [-0.2, 0) is 19.1 Å². The van der Waals surface area contributed by atoms with Crippen molar-refractivity contribution in [1.82, 2.24) is 5.32 Å². The number of carbonyl (C=O) groups is 2. The summed E-state index contributed by atoms with van der Waals surface area (Å²) in [4.78, 5) is 24.5. The van der Waals surface area contributed by atoms with Gasteiger partial charge in [0.2, 0.25) is 0 Å². The van der Waals surface area contributed by atoms with E-state index in [1.807, 2.05) is 45.9 Å². The van der Waals surface area contributed by atoms with Crippen LogP contribution in [0.4, 0.5) is 0 Å². The van der Waals surface area contributed by atoms with Crippen molar-refractivity contribution < 1.29 is 44.2 Å². The van der Waals surface area contributed by atoms with E-state index in [0.29, 0.717) is 5.75 Å². The molecule has 1 amide bonds. The molecule has 4 unspecified atom stereocenters. The minimum atomic E-state index is -1.56. The molecule has 0 saturated carbocycles. The molecule has 1 fully saturated rings. The Hall–Kier alpha value is -2.08. The van der Waals surface area contributed by atoms with E-state index in [4.69, 9.17) is 14.2 Å². The lowest BCUT2D eigenvalue weighted by molar-refractivity contribution is -0.300. The SMILES string of the molecule is CC(C)c1cccc(C(C)C)c1OC(=O)C(=O)NCCOC1OC(CO)C(O)C(O)[C@H]1O. The lowest BCUT2D eigenvalue weighted by atomic mass is 9.94. The molecule has 1 saturated heterocycles. The molecule has 1 aromatic rings. The van der Waals surface area contributed by atoms with Crippen LogP contribution >= 0.6 is 0 Å². The van der Waals surface area contributed by atoms with Crippen molar-refractivity contribution in [2.75, 3.05) is 19.8 Å². The van der Waals surface area contributed by atoms with Gasteiger partial charge in [-0.3, -0.25) is 4.79 Å². The molecule has 0 spiro atoms. The van der Waals surface area contributed by atoms with Crippen LogP contribution < -0.4 is 10.1 Å². The van der Waals surface area contributed by atoms with Crippen LogP contribution in [0.3, 0.4) is 0 Å². The quantitative estimate of drug-likeness (QED) is 0.155. The molecule has 5 atom stereocenters. The van der Waals surface area contributed by atoms with Crippen molar-refractivity contribution in [2.24, 2.45) is 0 Å². The second kappa shape index (κ2) is 11.7. The van der Waals surface area contributed by atoms with Gasteiger partial charge in [-0.05, 0) is 23.0 Å². The monoisotopic (exact) mass is 455 g/mol. The van der Waals surface area contributed by atoms with Crippen molar-refractivity contribution in [2.45, 2.75) is 70.2 Å². The minimum absolute atomic E-state index is 0.0893. The number of amides is 1. The van der Waals surface area contributed by atoms with Crippen molar-refractivity contribution >= 4 is 11.9 Å². The molecule has 1 heterocycles. The van der Waals surface area contributed by atoms with Gasteiger partial charge in [-0.1, -0.05) is 45.9 Å². The molecule has 0 aliphatic carbocycles. The minimum Gasteiger partial charge on any atom is -0.419 e. The molecule has 0 aromatic heterocycles. The number of aliphatic hydroxyl groups excluding tert-OH is 4. The zero-order chi connectivity index (χ0) is 24.0. The zero-order valence-corrected chi connectivity index (χ0v) is 18.7. The van der Waals surface area contributed by atoms with Gasteiger partial charge in [0.1, 0.15) is 30.2 Å². The van der Waals surface area contributed by atoms with Gasteiger partial charge in [-0.15, -0.1) is 0 Å². The molecule has 1 aliphatic rings. The van der Waals surface area contributed by atoms with Gasteiger partial charge in [-0.2, -0.15) is 0 Å². The number of ether oxygens (including phenoxy) is 3. The third kappa shape index (κ3) is 6.25. The summed E-state index contributed by atoms with van der Waals surface area (Å²) in [7, 11) is 0. The average Bonchev–Trinajstić information content (AvgIpc) is 2.75. The van der Waals surface area contributed by atoms with Crippen LogP contribution in [0, 0.1) is 0 Å². The highest BCUT2D eigenvalue weighted by Crippen LogP contribution is 2.34. The Kier molecular flexibility index (Phi) is 9.56. The first-order valence-electron chi connectivity index (χ1n) is 10.6. The number of hydrogen-bond donors (Lipinski definition) is 5. The third-order valence-corrected chi connectivity index (χ3v) is 5.22. The van der Waals surface area contributed by atoms with Gasteiger partial charge in [-0.25, -0.2) is 4.79 Å². The van der Waals surface area contributed by atoms with Crippen molar-refractivity contribution in [3.63, 3.8) is 0 Å². The average molecular weight is 456 g/mol. The maximum absolute atomic E-state index is 12.3. The number of hydrogen-bond acceptors (Lipinski definition) is 9. The molecule has 0 bridgehead atoms. The van der Waals surface area contributed by atoms with E-state index in [9.17, 15) is 30.0 Å². The normalized spacial score (nSPS) is 25.8. The van der Waals surface area contributed by atoms with E-state index in [-0.39, 0.29) is 25.0 Å². The summed E-state index contributed by atoms with van der Waals surface area (Å²) >= 11 is 0. The Labute approximate surface area is 187 Å². The Bertz CT molecular complexity index is 754. The van der Waals surface area contributed by atoms with Crippen LogP contribution in [0.25, 0.3) is 0 Å². The molecule has 32 heavy (non-hydrogen) atoms. The van der Waals surface area contributed by atoms with Crippen molar-refractivity contribution in [3.8, 4) is 5.75 Å². The smallest absolute Gasteiger partial charge is 0.402 e. The summed E-state index contributed by atoms with van der Waals surface area (Å²) < 4.78 is 15.9.